The minimum Gasteiger partial charge on any atom is -0.462 e. The molecule has 0 saturated heterocycles. The van der Waals surface area contributed by atoms with Crippen molar-refractivity contribution >= 4 is 5.97 Å². The normalized spacial score (nSPS) is 10.0. The fraction of sp³-hybridized carbons (Fsp3) is 0.500. The van der Waals surface area contributed by atoms with Crippen LogP contribution in [0.4, 0.5) is 0 Å². The lowest BCUT2D eigenvalue weighted by Crippen LogP contribution is -2.03. The molecule has 0 aliphatic heterocycles. The number of hydrogen-bond donors (Lipinski definition) is 0. The lowest BCUT2D eigenvalue weighted by Gasteiger charge is -1.97. The number of aromatic nitrogens is 2. The van der Waals surface area contributed by atoms with Crippen LogP contribution in [-0.2, 0) is 16.2 Å². The zero-order valence-corrected chi connectivity index (χ0v) is 7.69. The van der Waals surface area contributed by atoms with Crippen LogP contribution >= 0.6 is 0 Å². The summed E-state index contributed by atoms with van der Waals surface area (Å²) in [5.74, 6) is -0.357. The molecule has 0 amide bonds. The van der Waals surface area contributed by atoms with Gasteiger partial charge in [0.05, 0.1) is 18.4 Å². The molecule has 0 fully saturated rings. The van der Waals surface area contributed by atoms with Gasteiger partial charge in [0.1, 0.15) is 6.73 Å². The van der Waals surface area contributed by atoms with Gasteiger partial charge in [0, 0.05) is 13.3 Å². The van der Waals surface area contributed by atoms with Gasteiger partial charge >= 0.3 is 5.97 Å². The predicted octanol–water partition coefficient (Wildman–Crippen LogP) is 0.664. The molecule has 0 aliphatic carbocycles. The van der Waals surface area contributed by atoms with Crippen molar-refractivity contribution < 1.29 is 14.3 Å². The largest absolute Gasteiger partial charge is 0.462 e. The lowest BCUT2D eigenvalue weighted by molar-refractivity contribution is 0.0525. The Morgan fingerprint density at radius 3 is 3.08 bits per heavy atom. The fourth-order valence-corrected chi connectivity index (χ4v) is 0.886. The maximum absolute atomic E-state index is 11.1. The van der Waals surface area contributed by atoms with E-state index in [1.807, 2.05) is 0 Å². The van der Waals surface area contributed by atoms with Gasteiger partial charge in [-0.15, -0.1) is 0 Å². The molecule has 0 aliphatic rings. The molecule has 0 N–H and O–H groups in total. The summed E-state index contributed by atoms with van der Waals surface area (Å²) in [6, 6.07) is 0. The Hall–Kier alpha value is -1.36. The maximum Gasteiger partial charge on any atom is 0.341 e. The van der Waals surface area contributed by atoms with E-state index in [0.29, 0.717) is 18.9 Å². The average Bonchev–Trinajstić information content (AvgIpc) is 2.54. The highest BCUT2D eigenvalue weighted by Gasteiger charge is 2.08. The second-order valence-corrected chi connectivity index (χ2v) is 2.41. The van der Waals surface area contributed by atoms with Crippen molar-refractivity contribution in [3.63, 3.8) is 0 Å². The molecule has 0 radical (unpaired) electrons. The summed E-state index contributed by atoms with van der Waals surface area (Å²) in [4.78, 5) is 11.1. The quantitative estimate of drug-likeness (QED) is 0.645. The molecule has 1 rings (SSSR count). The number of nitrogens with zero attached hydrogens (tertiary/aromatic N) is 2. The molecule has 0 spiro atoms. The molecule has 1 aromatic rings. The number of methoxy groups -OCH3 is 1. The van der Waals surface area contributed by atoms with Crippen LogP contribution in [0, 0.1) is 0 Å². The van der Waals surface area contributed by atoms with Gasteiger partial charge < -0.3 is 9.47 Å². The van der Waals surface area contributed by atoms with E-state index in [4.69, 9.17) is 9.47 Å². The number of carbonyl (C=O) groups excluding carboxylic acids is 1. The van der Waals surface area contributed by atoms with Crippen molar-refractivity contribution in [2.45, 2.75) is 13.7 Å². The Labute approximate surface area is 76.3 Å². The molecule has 5 heteroatoms. The van der Waals surface area contributed by atoms with E-state index in [2.05, 4.69) is 5.10 Å². The molecule has 0 aromatic carbocycles. The van der Waals surface area contributed by atoms with Crippen LogP contribution in [0.25, 0.3) is 0 Å². The highest BCUT2D eigenvalue weighted by atomic mass is 16.5. The molecule has 0 unspecified atom stereocenters. The first-order valence-electron chi connectivity index (χ1n) is 3.96. The van der Waals surface area contributed by atoms with E-state index in [-0.39, 0.29) is 5.97 Å². The van der Waals surface area contributed by atoms with Crippen molar-refractivity contribution in [3.8, 4) is 0 Å². The van der Waals surface area contributed by atoms with E-state index in [1.165, 1.54) is 10.9 Å². The Morgan fingerprint density at radius 1 is 1.69 bits per heavy atom. The van der Waals surface area contributed by atoms with Gasteiger partial charge in [0.15, 0.2) is 0 Å². The SMILES string of the molecule is CCOC(=O)c1cnn(COC)c1. The summed E-state index contributed by atoms with van der Waals surface area (Å²) in [5.41, 5.74) is 0.443. The van der Waals surface area contributed by atoms with Crippen LogP contribution < -0.4 is 0 Å². The maximum atomic E-state index is 11.1. The molecule has 1 aromatic heterocycles. The van der Waals surface area contributed by atoms with Gasteiger partial charge in [-0.1, -0.05) is 0 Å². The summed E-state index contributed by atoms with van der Waals surface area (Å²) in [5, 5.41) is 3.90. The highest BCUT2D eigenvalue weighted by molar-refractivity contribution is 5.88. The third-order valence-electron chi connectivity index (χ3n) is 1.41. The Morgan fingerprint density at radius 2 is 2.46 bits per heavy atom. The molecule has 72 valence electrons. The molecule has 1 heterocycles. The molecular formula is C8H12N2O3. The monoisotopic (exact) mass is 184 g/mol. The number of ether oxygens (including phenoxy) is 2. The standard InChI is InChI=1S/C8H12N2O3/c1-3-13-8(11)7-4-9-10(5-7)6-12-2/h4-5H,3,6H2,1-2H3. The predicted molar refractivity (Wildman–Crippen MR) is 45.2 cm³/mol. The van der Waals surface area contributed by atoms with Crippen LogP contribution in [-0.4, -0.2) is 29.5 Å². The van der Waals surface area contributed by atoms with E-state index in [9.17, 15) is 4.79 Å². The third kappa shape index (κ3) is 2.55. The van der Waals surface area contributed by atoms with Crippen LogP contribution in [0.3, 0.4) is 0 Å². The van der Waals surface area contributed by atoms with Crippen LogP contribution in [0.5, 0.6) is 0 Å². The molecule has 0 saturated carbocycles. The van der Waals surface area contributed by atoms with Gasteiger partial charge in [-0.05, 0) is 6.92 Å². The molecule has 0 bridgehead atoms. The summed E-state index contributed by atoms with van der Waals surface area (Å²) in [6.07, 6.45) is 3.04. The second kappa shape index (κ2) is 4.61. The van der Waals surface area contributed by atoms with Gasteiger partial charge in [-0.25, -0.2) is 9.48 Å². The Balaban J connectivity index is 2.62. The van der Waals surface area contributed by atoms with Crippen molar-refractivity contribution in [1.82, 2.24) is 9.78 Å². The van der Waals surface area contributed by atoms with Crippen molar-refractivity contribution in [2.75, 3.05) is 13.7 Å². The minimum absolute atomic E-state index is 0.333. The first kappa shape index (κ1) is 9.73. The van der Waals surface area contributed by atoms with E-state index in [0.717, 1.165) is 0 Å². The summed E-state index contributed by atoms with van der Waals surface area (Å²) < 4.78 is 11.1. The zero-order chi connectivity index (χ0) is 9.68. The molecule has 13 heavy (non-hydrogen) atoms. The minimum atomic E-state index is -0.357. The number of carbonyl (C=O) groups is 1. The van der Waals surface area contributed by atoms with Crippen LogP contribution in [0.15, 0.2) is 12.4 Å². The van der Waals surface area contributed by atoms with Crippen molar-refractivity contribution in [2.24, 2.45) is 0 Å². The number of esters is 1. The van der Waals surface area contributed by atoms with E-state index >= 15 is 0 Å². The van der Waals surface area contributed by atoms with Crippen LogP contribution in [0.2, 0.25) is 0 Å². The number of hydrogen-bond acceptors (Lipinski definition) is 4. The number of rotatable bonds is 4. The average molecular weight is 184 g/mol. The fourth-order valence-electron chi connectivity index (χ4n) is 0.886. The van der Waals surface area contributed by atoms with Gasteiger partial charge in [-0.2, -0.15) is 5.10 Å². The topological polar surface area (TPSA) is 53.3 Å². The van der Waals surface area contributed by atoms with E-state index < -0.39 is 0 Å². The third-order valence-corrected chi connectivity index (χ3v) is 1.41. The van der Waals surface area contributed by atoms with E-state index in [1.54, 1.807) is 20.2 Å². The van der Waals surface area contributed by atoms with Crippen LogP contribution in [0.1, 0.15) is 17.3 Å². The Kier molecular flexibility index (Phi) is 3.45. The first-order chi connectivity index (χ1) is 6.27. The molecule has 0 atom stereocenters. The lowest BCUT2D eigenvalue weighted by atomic mass is 10.4. The summed E-state index contributed by atoms with van der Waals surface area (Å²) in [7, 11) is 1.56. The van der Waals surface area contributed by atoms with Gasteiger partial charge in [-0.3, -0.25) is 0 Å². The van der Waals surface area contributed by atoms with Gasteiger partial charge in [0.25, 0.3) is 0 Å². The first-order valence-corrected chi connectivity index (χ1v) is 3.96. The zero-order valence-electron chi connectivity index (χ0n) is 7.69. The smallest absolute Gasteiger partial charge is 0.341 e. The second-order valence-electron chi connectivity index (χ2n) is 2.41. The molecular weight excluding hydrogens is 172 g/mol. The van der Waals surface area contributed by atoms with Gasteiger partial charge in [0.2, 0.25) is 0 Å². The Bertz CT molecular complexity index is 283. The molecule has 5 nitrogen and oxygen atoms in total. The summed E-state index contributed by atoms with van der Waals surface area (Å²) >= 11 is 0. The van der Waals surface area contributed by atoms with Crippen molar-refractivity contribution in [1.29, 1.82) is 0 Å². The van der Waals surface area contributed by atoms with Crippen molar-refractivity contribution in [3.05, 3.63) is 18.0 Å². The summed E-state index contributed by atoms with van der Waals surface area (Å²) in [6.45, 7) is 2.46. The highest BCUT2D eigenvalue weighted by Crippen LogP contribution is 2.00.